The smallest absolute Gasteiger partial charge is 0.260 e. The van der Waals surface area contributed by atoms with Gasteiger partial charge in [-0.2, -0.15) is 0 Å². The number of benzene rings is 2. The monoisotopic (exact) mass is 543 g/mol. The topological polar surface area (TPSA) is 37.7 Å². The first-order chi connectivity index (χ1) is 18.2. The Morgan fingerprint density at radius 1 is 1.08 bits per heavy atom. The van der Waals surface area contributed by atoms with Gasteiger partial charge >= 0.3 is 0 Å². The largest absolute Gasteiger partial charge is 0.494 e. The van der Waals surface area contributed by atoms with Gasteiger partial charge < -0.3 is 9.64 Å². The van der Waals surface area contributed by atoms with Crippen LogP contribution in [-0.2, 0) is 6.42 Å². The Labute approximate surface area is 225 Å². The SMILES string of the molecule is COc1cccc(-c2c(C)c(Cc3c(F)cccc3F)c3n(c2=O)C(CN2CC[C@H](N(C)C)C2)CS3)c1F. The van der Waals surface area contributed by atoms with Crippen molar-refractivity contribution in [1.29, 1.82) is 0 Å². The summed E-state index contributed by atoms with van der Waals surface area (Å²) < 4.78 is 51.9. The molecule has 0 aliphatic carbocycles. The number of aromatic nitrogens is 1. The minimum atomic E-state index is -0.644. The number of likely N-dealkylation sites (tertiary alicyclic amines) is 1. The van der Waals surface area contributed by atoms with Gasteiger partial charge in [0.25, 0.3) is 5.56 Å². The predicted octanol–water partition coefficient (Wildman–Crippen LogP) is 5.12. The molecular weight excluding hydrogens is 511 g/mol. The maximum atomic E-state index is 15.5. The van der Waals surface area contributed by atoms with Gasteiger partial charge in [-0.25, -0.2) is 13.2 Å². The van der Waals surface area contributed by atoms with Gasteiger partial charge in [-0.05, 0) is 63.3 Å². The van der Waals surface area contributed by atoms with E-state index in [9.17, 15) is 13.6 Å². The average Bonchev–Trinajstić information content (AvgIpc) is 3.52. The zero-order valence-electron chi connectivity index (χ0n) is 22.1. The molecule has 2 atom stereocenters. The van der Waals surface area contributed by atoms with E-state index in [1.54, 1.807) is 23.6 Å². The molecule has 1 fully saturated rings. The van der Waals surface area contributed by atoms with Crippen molar-refractivity contribution >= 4 is 11.8 Å². The predicted molar refractivity (Wildman–Crippen MR) is 145 cm³/mol. The third kappa shape index (κ3) is 4.76. The molecule has 2 aromatic carbocycles. The van der Waals surface area contributed by atoms with E-state index in [0.29, 0.717) is 34.5 Å². The highest BCUT2D eigenvalue weighted by atomic mass is 32.2. The fourth-order valence-corrected chi connectivity index (χ4v) is 7.04. The van der Waals surface area contributed by atoms with E-state index in [2.05, 4.69) is 23.9 Å². The number of fused-ring (bicyclic) bond motifs is 1. The van der Waals surface area contributed by atoms with E-state index in [4.69, 9.17) is 4.74 Å². The van der Waals surface area contributed by atoms with Crippen molar-refractivity contribution in [3.05, 3.63) is 80.9 Å². The summed E-state index contributed by atoms with van der Waals surface area (Å²) in [4.78, 5) is 18.7. The third-order valence-corrected chi connectivity index (χ3v) is 9.10. The number of pyridine rings is 1. The Balaban J connectivity index is 1.65. The molecule has 5 nitrogen and oxygen atoms in total. The highest BCUT2D eigenvalue weighted by Crippen LogP contribution is 2.41. The number of nitrogens with zero attached hydrogens (tertiary/aromatic N) is 3. The molecule has 2 aliphatic rings. The summed E-state index contributed by atoms with van der Waals surface area (Å²) in [5, 5.41) is 0.704. The maximum Gasteiger partial charge on any atom is 0.260 e. The lowest BCUT2D eigenvalue weighted by Gasteiger charge is -2.25. The maximum absolute atomic E-state index is 15.5. The van der Waals surface area contributed by atoms with Crippen LogP contribution < -0.4 is 10.3 Å². The number of halogens is 3. The van der Waals surface area contributed by atoms with Crippen molar-refractivity contribution in [2.24, 2.45) is 0 Å². The normalized spacial score (nSPS) is 19.4. The Bertz CT molecular complexity index is 1400. The summed E-state index contributed by atoms with van der Waals surface area (Å²) in [5.74, 6) is -1.22. The van der Waals surface area contributed by atoms with Crippen LogP contribution in [0.5, 0.6) is 5.75 Å². The lowest BCUT2D eigenvalue weighted by molar-refractivity contribution is 0.246. The quantitative estimate of drug-likeness (QED) is 0.414. The van der Waals surface area contributed by atoms with E-state index < -0.39 is 17.5 Å². The van der Waals surface area contributed by atoms with E-state index in [1.807, 2.05) is 0 Å². The molecule has 0 saturated carbocycles. The minimum absolute atomic E-state index is 0.0335. The summed E-state index contributed by atoms with van der Waals surface area (Å²) in [6, 6.07) is 8.82. The van der Waals surface area contributed by atoms with Gasteiger partial charge in [-0.15, -0.1) is 11.8 Å². The molecule has 0 N–H and O–H groups in total. The number of likely N-dealkylation sites (N-methyl/N-ethyl adjacent to an activating group) is 1. The van der Waals surface area contributed by atoms with Crippen LogP contribution in [0, 0.1) is 24.4 Å². The molecule has 0 spiro atoms. The van der Waals surface area contributed by atoms with E-state index in [0.717, 1.165) is 19.5 Å². The molecule has 2 aliphatic heterocycles. The Morgan fingerprint density at radius 3 is 2.45 bits per heavy atom. The molecule has 5 rings (SSSR count). The standard InChI is InChI=1S/C29H32F3N3O2S/c1-17-21(13-22-23(30)8-6-9-24(22)31)29-35(19(16-38-29)15-34-12-11-18(14-34)33(2)3)28(36)26(17)20-7-5-10-25(37-4)27(20)32/h5-10,18-19H,11-16H2,1-4H3/t18-,19?/m0/s1. The van der Waals surface area contributed by atoms with Crippen LogP contribution in [0.4, 0.5) is 13.2 Å². The van der Waals surface area contributed by atoms with Crippen molar-refractivity contribution in [3.8, 4) is 16.9 Å². The van der Waals surface area contributed by atoms with Crippen molar-refractivity contribution in [1.82, 2.24) is 14.4 Å². The highest BCUT2D eigenvalue weighted by Gasteiger charge is 2.34. The molecule has 1 aromatic heterocycles. The number of rotatable bonds is 7. The van der Waals surface area contributed by atoms with Crippen molar-refractivity contribution in [2.45, 2.75) is 36.9 Å². The lowest BCUT2D eigenvalue weighted by atomic mass is 9.94. The molecule has 1 saturated heterocycles. The second-order valence-electron chi connectivity index (χ2n) is 10.3. The third-order valence-electron chi connectivity index (χ3n) is 7.83. The summed E-state index contributed by atoms with van der Waals surface area (Å²) in [5.41, 5.74) is 1.15. The lowest BCUT2D eigenvalue weighted by Crippen LogP contribution is -2.37. The van der Waals surface area contributed by atoms with Crippen LogP contribution in [0.1, 0.15) is 29.2 Å². The van der Waals surface area contributed by atoms with E-state index >= 15 is 4.39 Å². The molecule has 9 heteroatoms. The molecule has 0 amide bonds. The van der Waals surface area contributed by atoms with Crippen LogP contribution in [0.3, 0.4) is 0 Å². The summed E-state index contributed by atoms with van der Waals surface area (Å²) >= 11 is 1.53. The zero-order chi connectivity index (χ0) is 27.1. The van der Waals surface area contributed by atoms with Gasteiger partial charge in [0, 0.05) is 42.4 Å². The minimum Gasteiger partial charge on any atom is -0.494 e. The van der Waals surface area contributed by atoms with Gasteiger partial charge in [0.05, 0.1) is 23.7 Å². The second kappa shape index (κ2) is 10.8. The van der Waals surface area contributed by atoms with Gasteiger partial charge in [-0.3, -0.25) is 14.3 Å². The Hall–Kier alpha value is -2.75. The zero-order valence-corrected chi connectivity index (χ0v) is 22.9. The van der Waals surface area contributed by atoms with Crippen molar-refractivity contribution in [2.75, 3.05) is 46.6 Å². The van der Waals surface area contributed by atoms with Crippen LogP contribution in [0.25, 0.3) is 11.1 Å². The summed E-state index contributed by atoms with van der Waals surface area (Å²) in [7, 11) is 5.52. The fourth-order valence-electron chi connectivity index (χ4n) is 5.66. The fraction of sp³-hybridized carbons (Fsp3) is 0.414. The number of methoxy groups -OCH3 is 1. The average molecular weight is 544 g/mol. The molecule has 0 radical (unpaired) electrons. The van der Waals surface area contributed by atoms with Gasteiger partial charge in [0.15, 0.2) is 11.6 Å². The van der Waals surface area contributed by atoms with E-state index in [-0.39, 0.29) is 40.5 Å². The van der Waals surface area contributed by atoms with Crippen LogP contribution in [0.15, 0.2) is 46.2 Å². The molecular formula is C29H32F3N3O2S. The second-order valence-corrected chi connectivity index (χ2v) is 11.3. The van der Waals surface area contributed by atoms with Crippen molar-refractivity contribution < 1.29 is 17.9 Å². The Kier molecular flexibility index (Phi) is 7.62. The van der Waals surface area contributed by atoms with Crippen molar-refractivity contribution in [3.63, 3.8) is 0 Å². The summed E-state index contributed by atoms with van der Waals surface area (Å²) in [6.45, 7) is 4.26. The van der Waals surface area contributed by atoms with Crippen LogP contribution in [-0.4, -0.2) is 67.0 Å². The number of thioether (sulfide) groups is 1. The van der Waals surface area contributed by atoms with Crippen LogP contribution in [0.2, 0.25) is 0 Å². The molecule has 0 bridgehead atoms. The highest BCUT2D eigenvalue weighted by molar-refractivity contribution is 7.99. The first-order valence-electron chi connectivity index (χ1n) is 12.8. The molecule has 202 valence electrons. The molecule has 3 heterocycles. The molecule has 38 heavy (non-hydrogen) atoms. The summed E-state index contributed by atoms with van der Waals surface area (Å²) in [6.07, 6.45) is 1.02. The number of ether oxygens (including phenoxy) is 1. The van der Waals surface area contributed by atoms with Gasteiger partial charge in [0.1, 0.15) is 11.6 Å². The van der Waals surface area contributed by atoms with E-state index in [1.165, 1.54) is 43.1 Å². The van der Waals surface area contributed by atoms with Crippen LogP contribution >= 0.6 is 11.8 Å². The molecule has 3 aromatic rings. The van der Waals surface area contributed by atoms with Gasteiger partial charge in [0.2, 0.25) is 0 Å². The number of hydrogen-bond donors (Lipinski definition) is 0. The Morgan fingerprint density at radius 2 is 1.79 bits per heavy atom. The van der Waals surface area contributed by atoms with Gasteiger partial charge in [-0.1, -0.05) is 18.2 Å². The number of hydrogen-bond acceptors (Lipinski definition) is 5. The first-order valence-corrected chi connectivity index (χ1v) is 13.7. The first kappa shape index (κ1) is 26.8. The molecule has 1 unspecified atom stereocenters.